The van der Waals surface area contributed by atoms with Crippen molar-refractivity contribution in [1.29, 1.82) is 0 Å². The summed E-state index contributed by atoms with van der Waals surface area (Å²) in [6, 6.07) is 11.4. The van der Waals surface area contributed by atoms with Crippen molar-refractivity contribution in [3.63, 3.8) is 0 Å². The van der Waals surface area contributed by atoms with Crippen LogP contribution >= 0.6 is 27.7 Å². The second kappa shape index (κ2) is 6.21. The maximum Gasteiger partial charge on any atom is 0.335 e. The van der Waals surface area contributed by atoms with Crippen molar-refractivity contribution in [1.82, 2.24) is 0 Å². The summed E-state index contributed by atoms with van der Waals surface area (Å²) in [6.07, 6.45) is 1.16. The van der Waals surface area contributed by atoms with Gasteiger partial charge in [0.15, 0.2) is 9.84 Å². The van der Waals surface area contributed by atoms with Gasteiger partial charge in [-0.25, -0.2) is 13.2 Å². The van der Waals surface area contributed by atoms with E-state index < -0.39 is 15.8 Å². The molecule has 110 valence electrons. The Bertz CT molecular complexity index is 783. The molecule has 0 aromatic heterocycles. The number of hydrogen-bond donors (Lipinski definition) is 1. The third-order valence-electron chi connectivity index (χ3n) is 2.61. The molecule has 2 rings (SSSR count). The van der Waals surface area contributed by atoms with Gasteiger partial charge in [0, 0.05) is 20.5 Å². The molecule has 0 aliphatic heterocycles. The minimum Gasteiger partial charge on any atom is -0.478 e. The lowest BCUT2D eigenvalue weighted by molar-refractivity contribution is 0.0696. The molecule has 0 fully saturated rings. The van der Waals surface area contributed by atoms with Crippen molar-refractivity contribution in [2.24, 2.45) is 0 Å². The Labute approximate surface area is 135 Å². The van der Waals surface area contributed by atoms with E-state index in [2.05, 4.69) is 15.9 Å². The van der Waals surface area contributed by atoms with Crippen LogP contribution in [0.2, 0.25) is 0 Å². The van der Waals surface area contributed by atoms with E-state index in [-0.39, 0.29) is 10.5 Å². The van der Waals surface area contributed by atoms with Gasteiger partial charge in [0.05, 0.1) is 10.5 Å². The number of aromatic carboxylic acids is 1. The Hall–Kier alpha value is -1.31. The highest BCUT2D eigenvalue weighted by molar-refractivity contribution is 9.10. The first-order valence-corrected chi connectivity index (χ1v) is 9.27. The summed E-state index contributed by atoms with van der Waals surface area (Å²) in [5.74, 6) is -0.995. The molecule has 0 atom stereocenters. The normalized spacial score (nSPS) is 11.3. The topological polar surface area (TPSA) is 71.4 Å². The number of carboxylic acids is 1. The van der Waals surface area contributed by atoms with Crippen LogP contribution in [0.5, 0.6) is 0 Å². The average Bonchev–Trinajstić information content (AvgIpc) is 2.37. The molecule has 0 saturated heterocycles. The number of benzene rings is 2. The molecule has 0 aliphatic rings. The Morgan fingerprint density at radius 3 is 2.24 bits per heavy atom. The van der Waals surface area contributed by atoms with E-state index in [0.717, 1.165) is 16.0 Å². The standard InChI is InChI=1S/C14H11BrO4S2/c1-21(18,19)13-4-2-11(3-5-13)20-12-7-9(14(16)17)6-10(15)8-12/h2-8H,1H3,(H,16,17). The van der Waals surface area contributed by atoms with Gasteiger partial charge in [-0.2, -0.15) is 0 Å². The van der Waals surface area contributed by atoms with E-state index in [1.165, 1.54) is 30.0 Å². The molecule has 0 amide bonds. The van der Waals surface area contributed by atoms with Crippen LogP contribution in [-0.2, 0) is 9.84 Å². The van der Waals surface area contributed by atoms with Crippen LogP contribution < -0.4 is 0 Å². The molecule has 0 heterocycles. The highest BCUT2D eigenvalue weighted by atomic mass is 79.9. The van der Waals surface area contributed by atoms with Crippen molar-refractivity contribution < 1.29 is 18.3 Å². The SMILES string of the molecule is CS(=O)(=O)c1ccc(Sc2cc(Br)cc(C(=O)O)c2)cc1. The number of carbonyl (C=O) groups is 1. The first-order valence-electron chi connectivity index (χ1n) is 5.77. The Morgan fingerprint density at radius 2 is 1.71 bits per heavy atom. The predicted octanol–water partition coefficient (Wildman–Crippen LogP) is 3.70. The molecule has 0 unspecified atom stereocenters. The fraction of sp³-hybridized carbons (Fsp3) is 0.0714. The summed E-state index contributed by atoms with van der Waals surface area (Å²) < 4.78 is 23.5. The maximum atomic E-state index is 11.4. The lowest BCUT2D eigenvalue weighted by atomic mass is 10.2. The maximum absolute atomic E-state index is 11.4. The highest BCUT2D eigenvalue weighted by Gasteiger charge is 2.09. The summed E-state index contributed by atoms with van der Waals surface area (Å²) in [5.41, 5.74) is 0.194. The van der Waals surface area contributed by atoms with Crippen LogP contribution in [0.3, 0.4) is 0 Å². The number of rotatable bonds is 4. The second-order valence-corrected chi connectivity index (χ2v) is 8.40. The van der Waals surface area contributed by atoms with Crippen LogP contribution in [0.15, 0.2) is 61.6 Å². The van der Waals surface area contributed by atoms with Gasteiger partial charge >= 0.3 is 5.97 Å². The zero-order valence-corrected chi connectivity index (χ0v) is 14.1. The first kappa shape index (κ1) is 16.1. The van der Waals surface area contributed by atoms with E-state index in [4.69, 9.17) is 5.11 Å². The zero-order valence-electron chi connectivity index (χ0n) is 10.9. The quantitative estimate of drug-likeness (QED) is 0.866. The van der Waals surface area contributed by atoms with Gasteiger partial charge in [-0.1, -0.05) is 27.7 Å². The van der Waals surface area contributed by atoms with Gasteiger partial charge < -0.3 is 5.11 Å². The molecule has 0 radical (unpaired) electrons. The van der Waals surface area contributed by atoms with Crippen molar-refractivity contribution in [3.8, 4) is 0 Å². The monoisotopic (exact) mass is 386 g/mol. The first-order chi connectivity index (χ1) is 9.75. The van der Waals surface area contributed by atoms with Gasteiger partial charge in [-0.3, -0.25) is 0 Å². The number of halogens is 1. The van der Waals surface area contributed by atoms with E-state index in [9.17, 15) is 13.2 Å². The molecule has 0 saturated carbocycles. The Kier molecular flexibility index (Phi) is 4.75. The molecule has 1 N–H and O–H groups in total. The average molecular weight is 387 g/mol. The Morgan fingerprint density at radius 1 is 1.10 bits per heavy atom. The van der Waals surface area contributed by atoms with E-state index in [0.29, 0.717) is 4.47 Å². The van der Waals surface area contributed by atoms with Crippen LogP contribution in [-0.4, -0.2) is 25.7 Å². The molecule has 2 aromatic rings. The Balaban J connectivity index is 2.28. The third-order valence-corrected chi connectivity index (χ3v) is 5.17. The molecule has 0 aliphatic carbocycles. The van der Waals surface area contributed by atoms with Gasteiger partial charge in [-0.05, 0) is 42.5 Å². The molecule has 7 heteroatoms. The van der Waals surface area contributed by atoms with Crippen molar-refractivity contribution >= 4 is 43.5 Å². The fourth-order valence-corrected chi connectivity index (χ4v) is 3.83. The lowest BCUT2D eigenvalue weighted by Crippen LogP contribution is -1.96. The van der Waals surface area contributed by atoms with Gasteiger partial charge in [0.2, 0.25) is 0 Å². The largest absolute Gasteiger partial charge is 0.478 e. The van der Waals surface area contributed by atoms with Crippen LogP contribution in [0.1, 0.15) is 10.4 Å². The number of sulfone groups is 1. The fourth-order valence-electron chi connectivity index (χ4n) is 1.64. The van der Waals surface area contributed by atoms with Crippen molar-refractivity contribution in [2.75, 3.05) is 6.26 Å². The van der Waals surface area contributed by atoms with Gasteiger partial charge in [0.1, 0.15) is 0 Å². The summed E-state index contributed by atoms with van der Waals surface area (Å²) in [5, 5.41) is 9.03. The number of hydrogen-bond acceptors (Lipinski definition) is 4. The van der Waals surface area contributed by atoms with E-state index in [1.54, 1.807) is 18.2 Å². The third kappa shape index (κ3) is 4.33. The van der Waals surface area contributed by atoms with Crippen molar-refractivity contribution in [2.45, 2.75) is 14.7 Å². The van der Waals surface area contributed by atoms with Crippen LogP contribution in [0, 0.1) is 0 Å². The summed E-state index contributed by atoms with van der Waals surface area (Å²) in [4.78, 5) is 12.9. The second-order valence-electron chi connectivity index (χ2n) is 4.33. The van der Waals surface area contributed by atoms with E-state index in [1.807, 2.05) is 6.07 Å². The molecular formula is C14H11BrO4S2. The zero-order chi connectivity index (χ0) is 15.6. The lowest BCUT2D eigenvalue weighted by Gasteiger charge is -2.05. The molecule has 0 spiro atoms. The molecule has 4 nitrogen and oxygen atoms in total. The molecular weight excluding hydrogens is 376 g/mol. The minimum atomic E-state index is -3.21. The minimum absolute atomic E-state index is 0.194. The van der Waals surface area contributed by atoms with Gasteiger partial charge in [-0.15, -0.1) is 0 Å². The van der Waals surface area contributed by atoms with E-state index >= 15 is 0 Å². The summed E-state index contributed by atoms with van der Waals surface area (Å²) in [6.45, 7) is 0. The van der Waals surface area contributed by atoms with Crippen LogP contribution in [0.25, 0.3) is 0 Å². The van der Waals surface area contributed by atoms with Gasteiger partial charge in [0.25, 0.3) is 0 Å². The number of carboxylic acid groups (broad SMARTS) is 1. The molecule has 0 bridgehead atoms. The highest BCUT2D eigenvalue weighted by Crippen LogP contribution is 2.31. The van der Waals surface area contributed by atoms with Crippen molar-refractivity contribution in [3.05, 3.63) is 52.5 Å². The summed E-state index contributed by atoms with van der Waals surface area (Å²) >= 11 is 4.64. The smallest absolute Gasteiger partial charge is 0.335 e. The molecule has 21 heavy (non-hydrogen) atoms. The van der Waals surface area contributed by atoms with Crippen LogP contribution in [0.4, 0.5) is 0 Å². The molecule has 2 aromatic carbocycles. The predicted molar refractivity (Wildman–Crippen MR) is 84.8 cm³/mol. The summed E-state index contributed by atoms with van der Waals surface area (Å²) in [7, 11) is -3.21.